The van der Waals surface area contributed by atoms with Gasteiger partial charge in [0.2, 0.25) is 0 Å². The number of rotatable bonds is 5. The molecule has 0 radical (unpaired) electrons. The van der Waals surface area contributed by atoms with E-state index in [-0.39, 0.29) is 12.1 Å². The Labute approximate surface area is 135 Å². The van der Waals surface area contributed by atoms with Crippen LogP contribution in [0.25, 0.3) is 0 Å². The number of ether oxygens (including phenoxy) is 1. The van der Waals surface area contributed by atoms with E-state index in [0.29, 0.717) is 10.7 Å². The molecule has 0 unspecified atom stereocenters. The minimum Gasteiger partial charge on any atom is -0.497 e. The van der Waals surface area contributed by atoms with E-state index >= 15 is 0 Å². The van der Waals surface area contributed by atoms with Gasteiger partial charge in [-0.15, -0.1) is 0 Å². The van der Waals surface area contributed by atoms with Gasteiger partial charge in [-0.05, 0) is 42.3 Å². The van der Waals surface area contributed by atoms with E-state index in [1.807, 2.05) is 31.2 Å². The molecule has 2 amide bonds. The molecule has 2 N–H and O–H groups in total. The monoisotopic (exact) mass is 318 g/mol. The van der Waals surface area contributed by atoms with Gasteiger partial charge < -0.3 is 15.4 Å². The van der Waals surface area contributed by atoms with Crippen molar-refractivity contribution in [2.75, 3.05) is 12.4 Å². The Morgan fingerprint density at radius 3 is 2.55 bits per heavy atom. The zero-order chi connectivity index (χ0) is 15.9. The van der Waals surface area contributed by atoms with Crippen LogP contribution in [0.4, 0.5) is 10.5 Å². The van der Waals surface area contributed by atoms with Crippen molar-refractivity contribution in [2.24, 2.45) is 0 Å². The maximum atomic E-state index is 12.1. The topological polar surface area (TPSA) is 50.4 Å². The number of benzene rings is 2. The molecule has 22 heavy (non-hydrogen) atoms. The molecule has 0 saturated heterocycles. The molecule has 0 bridgehead atoms. The summed E-state index contributed by atoms with van der Waals surface area (Å²) in [6, 6.07) is 14.4. The van der Waals surface area contributed by atoms with Crippen LogP contribution in [-0.2, 0) is 0 Å². The summed E-state index contributed by atoms with van der Waals surface area (Å²) in [7, 11) is 1.63. The first-order valence-corrected chi connectivity index (χ1v) is 7.47. The molecule has 0 aromatic heterocycles. The highest BCUT2D eigenvalue weighted by Crippen LogP contribution is 2.20. The fourth-order valence-corrected chi connectivity index (χ4v) is 2.34. The van der Waals surface area contributed by atoms with E-state index in [0.717, 1.165) is 17.7 Å². The summed E-state index contributed by atoms with van der Waals surface area (Å²) >= 11 is 5.90. The summed E-state index contributed by atoms with van der Waals surface area (Å²) in [5, 5.41) is 6.32. The summed E-state index contributed by atoms with van der Waals surface area (Å²) in [4.78, 5) is 12.1. The molecule has 2 rings (SSSR count). The van der Waals surface area contributed by atoms with Crippen molar-refractivity contribution in [1.29, 1.82) is 0 Å². The normalized spacial score (nSPS) is 11.6. The van der Waals surface area contributed by atoms with E-state index in [2.05, 4.69) is 10.6 Å². The van der Waals surface area contributed by atoms with Gasteiger partial charge in [0.15, 0.2) is 0 Å². The Bertz CT molecular complexity index is 629. The molecule has 0 fully saturated rings. The number of nitrogens with one attached hydrogen (secondary N) is 2. The summed E-state index contributed by atoms with van der Waals surface area (Å²) in [6.45, 7) is 2.02. The SMILES string of the molecule is CC[C@@H](NC(=O)Nc1cccc(Cl)c1)c1ccc(OC)cc1. The van der Waals surface area contributed by atoms with Gasteiger partial charge in [-0.1, -0.05) is 36.7 Å². The van der Waals surface area contributed by atoms with Crippen molar-refractivity contribution in [1.82, 2.24) is 5.32 Å². The number of hydrogen-bond acceptors (Lipinski definition) is 2. The van der Waals surface area contributed by atoms with Crippen molar-refractivity contribution in [3.8, 4) is 5.75 Å². The largest absolute Gasteiger partial charge is 0.497 e. The molecular weight excluding hydrogens is 300 g/mol. The fraction of sp³-hybridized carbons (Fsp3) is 0.235. The van der Waals surface area contributed by atoms with Gasteiger partial charge in [0.1, 0.15) is 5.75 Å². The number of amides is 2. The van der Waals surface area contributed by atoms with Crippen molar-refractivity contribution >= 4 is 23.3 Å². The number of hydrogen-bond donors (Lipinski definition) is 2. The molecule has 0 saturated carbocycles. The molecular formula is C17H19ClN2O2. The predicted octanol–water partition coefficient (Wildman–Crippen LogP) is 4.62. The molecule has 1 atom stereocenters. The van der Waals surface area contributed by atoms with Gasteiger partial charge in [-0.2, -0.15) is 0 Å². The predicted molar refractivity (Wildman–Crippen MR) is 89.6 cm³/mol. The van der Waals surface area contributed by atoms with Crippen LogP contribution in [0.5, 0.6) is 5.75 Å². The number of carbonyl (C=O) groups is 1. The summed E-state index contributed by atoms with van der Waals surface area (Å²) in [5.41, 5.74) is 1.69. The standard InChI is InChI=1S/C17H19ClN2O2/c1-3-16(12-7-9-15(22-2)10-8-12)20-17(21)19-14-6-4-5-13(18)11-14/h4-11,16H,3H2,1-2H3,(H2,19,20,21)/t16-/m1/s1. The minimum atomic E-state index is -0.259. The Morgan fingerprint density at radius 1 is 1.23 bits per heavy atom. The Balaban J connectivity index is 2.01. The van der Waals surface area contributed by atoms with Gasteiger partial charge in [-0.25, -0.2) is 4.79 Å². The zero-order valence-corrected chi connectivity index (χ0v) is 13.4. The lowest BCUT2D eigenvalue weighted by atomic mass is 10.0. The Kier molecular flexibility index (Phi) is 5.67. The van der Waals surface area contributed by atoms with Gasteiger partial charge in [-0.3, -0.25) is 0 Å². The first-order chi connectivity index (χ1) is 10.6. The fourth-order valence-electron chi connectivity index (χ4n) is 2.15. The molecule has 0 spiro atoms. The summed E-state index contributed by atoms with van der Waals surface area (Å²) in [5.74, 6) is 0.794. The second-order valence-corrected chi connectivity index (χ2v) is 5.28. The molecule has 4 nitrogen and oxygen atoms in total. The molecule has 116 valence electrons. The molecule has 2 aromatic carbocycles. The van der Waals surface area contributed by atoms with E-state index < -0.39 is 0 Å². The van der Waals surface area contributed by atoms with Crippen molar-refractivity contribution in [3.05, 3.63) is 59.1 Å². The van der Waals surface area contributed by atoms with Crippen LogP contribution in [0, 0.1) is 0 Å². The van der Waals surface area contributed by atoms with Crippen LogP contribution in [0.15, 0.2) is 48.5 Å². The van der Waals surface area contributed by atoms with Crippen LogP contribution in [0.1, 0.15) is 24.9 Å². The second kappa shape index (κ2) is 7.71. The number of urea groups is 1. The lowest BCUT2D eigenvalue weighted by Crippen LogP contribution is -2.32. The third kappa shape index (κ3) is 4.40. The van der Waals surface area contributed by atoms with Crippen molar-refractivity contribution < 1.29 is 9.53 Å². The number of anilines is 1. The maximum absolute atomic E-state index is 12.1. The minimum absolute atomic E-state index is 0.0647. The number of methoxy groups -OCH3 is 1. The molecule has 0 heterocycles. The lowest BCUT2D eigenvalue weighted by Gasteiger charge is -2.18. The zero-order valence-electron chi connectivity index (χ0n) is 12.6. The second-order valence-electron chi connectivity index (χ2n) is 4.84. The average Bonchev–Trinajstić information content (AvgIpc) is 2.53. The number of halogens is 1. The molecule has 0 aliphatic carbocycles. The van der Waals surface area contributed by atoms with E-state index in [9.17, 15) is 4.79 Å². The third-order valence-electron chi connectivity index (χ3n) is 3.31. The Hall–Kier alpha value is -2.20. The van der Waals surface area contributed by atoms with Gasteiger partial charge in [0.05, 0.1) is 13.2 Å². The van der Waals surface area contributed by atoms with Crippen LogP contribution in [0.3, 0.4) is 0 Å². The summed E-state index contributed by atoms with van der Waals surface area (Å²) in [6.07, 6.45) is 0.787. The van der Waals surface area contributed by atoms with E-state index in [1.54, 1.807) is 31.4 Å². The molecule has 0 aliphatic heterocycles. The quantitative estimate of drug-likeness (QED) is 0.845. The highest BCUT2D eigenvalue weighted by Gasteiger charge is 2.13. The van der Waals surface area contributed by atoms with Crippen molar-refractivity contribution in [3.63, 3.8) is 0 Å². The first kappa shape index (κ1) is 16.2. The smallest absolute Gasteiger partial charge is 0.319 e. The molecule has 5 heteroatoms. The Morgan fingerprint density at radius 2 is 1.95 bits per heavy atom. The van der Waals surface area contributed by atoms with E-state index in [4.69, 9.17) is 16.3 Å². The average molecular weight is 319 g/mol. The van der Waals surface area contributed by atoms with Gasteiger partial charge in [0.25, 0.3) is 0 Å². The van der Waals surface area contributed by atoms with E-state index in [1.165, 1.54) is 0 Å². The lowest BCUT2D eigenvalue weighted by molar-refractivity contribution is 0.248. The van der Waals surface area contributed by atoms with Gasteiger partial charge in [0, 0.05) is 10.7 Å². The molecule has 2 aromatic rings. The third-order valence-corrected chi connectivity index (χ3v) is 3.55. The molecule has 0 aliphatic rings. The van der Waals surface area contributed by atoms with Crippen LogP contribution >= 0.6 is 11.6 Å². The number of carbonyl (C=O) groups excluding carboxylic acids is 1. The highest BCUT2D eigenvalue weighted by molar-refractivity contribution is 6.30. The van der Waals surface area contributed by atoms with Gasteiger partial charge >= 0.3 is 6.03 Å². The van der Waals surface area contributed by atoms with Crippen LogP contribution in [-0.4, -0.2) is 13.1 Å². The first-order valence-electron chi connectivity index (χ1n) is 7.09. The highest BCUT2D eigenvalue weighted by atomic mass is 35.5. The van der Waals surface area contributed by atoms with Crippen LogP contribution in [0.2, 0.25) is 5.02 Å². The van der Waals surface area contributed by atoms with Crippen molar-refractivity contribution in [2.45, 2.75) is 19.4 Å². The summed E-state index contributed by atoms with van der Waals surface area (Å²) < 4.78 is 5.14. The maximum Gasteiger partial charge on any atom is 0.319 e. The van der Waals surface area contributed by atoms with Crippen LogP contribution < -0.4 is 15.4 Å².